The Labute approximate surface area is 306 Å². The highest BCUT2D eigenvalue weighted by Crippen LogP contribution is 2.42. The molecule has 4 aromatic carbocycles. The molecular weight excluding hydrogens is 672 g/mol. The third-order valence-corrected chi connectivity index (χ3v) is 8.28. The van der Waals surface area contributed by atoms with Crippen molar-refractivity contribution >= 4 is 41.0 Å². The fourth-order valence-corrected chi connectivity index (χ4v) is 5.74. The van der Waals surface area contributed by atoms with Crippen molar-refractivity contribution in [3.05, 3.63) is 156 Å². The number of hydrogen-bond acceptors (Lipinski definition) is 5. The van der Waals surface area contributed by atoms with Crippen LogP contribution in [0.5, 0.6) is 0 Å². The van der Waals surface area contributed by atoms with E-state index in [2.05, 4.69) is 24.0 Å². The van der Waals surface area contributed by atoms with E-state index in [0.29, 0.717) is 30.0 Å². The van der Waals surface area contributed by atoms with Gasteiger partial charge in [0.15, 0.2) is 32.1 Å². The van der Waals surface area contributed by atoms with E-state index < -0.39 is 18.2 Å². The highest BCUT2D eigenvalue weighted by Gasteiger charge is 2.24. The molecule has 2 aliphatic rings. The molecule has 1 aliphatic heterocycles. The normalized spacial score (nSPS) is 11.5. The SMILES string of the molecule is C=C[N+](Cc1ccccc1)=c1ccc2c(-c3ccccc3C(=O)O)c3ccc([N+](=Cc4ccccc4)CCOC(=O)NC)cc3oc-2c1.CNC(=O)O. The van der Waals surface area contributed by atoms with E-state index in [9.17, 15) is 19.5 Å². The molecule has 0 aromatic heterocycles. The lowest BCUT2D eigenvalue weighted by Crippen LogP contribution is -2.24. The number of ether oxygens (including phenoxy) is 1. The molecule has 1 aliphatic carbocycles. The molecule has 6 rings (SSSR count). The predicted octanol–water partition coefficient (Wildman–Crippen LogP) is 7.02. The summed E-state index contributed by atoms with van der Waals surface area (Å²) in [5, 5.41) is 23.8. The number of benzene rings is 5. The van der Waals surface area contributed by atoms with Crippen LogP contribution >= 0.6 is 0 Å². The third kappa shape index (κ3) is 9.41. The fourth-order valence-electron chi connectivity index (χ4n) is 5.74. The van der Waals surface area contributed by atoms with E-state index in [1.165, 1.54) is 14.1 Å². The minimum absolute atomic E-state index is 0.148. The molecular formula is C42H40N4O7+2. The van der Waals surface area contributed by atoms with Crippen LogP contribution in [0.2, 0.25) is 0 Å². The van der Waals surface area contributed by atoms with Crippen molar-refractivity contribution in [1.29, 1.82) is 0 Å². The summed E-state index contributed by atoms with van der Waals surface area (Å²) < 4.78 is 16.0. The number of carbonyl (C=O) groups is 3. The summed E-state index contributed by atoms with van der Waals surface area (Å²) in [6, 6.07) is 38.8. The highest BCUT2D eigenvalue weighted by atomic mass is 16.5. The fraction of sp³-hybridized carbons (Fsp3) is 0.119. The van der Waals surface area contributed by atoms with Gasteiger partial charge in [0.1, 0.15) is 11.3 Å². The number of hydrogen-bond donors (Lipinski definition) is 4. The molecule has 11 heteroatoms. The summed E-state index contributed by atoms with van der Waals surface area (Å²) in [5.74, 6) is -0.421. The summed E-state index contributed by atoms with van der Waals surface area (Å²) in [6.07, 6.45) is 2.27. The molecule has 0 fully saturated rings. The van der Waals surface area contributed by atoms with Crippen LogP contribution in [0.25, 0.3) is 33.4 Å². The van der Waals surface area contributed by atoms with E-state index in [1.54, 1.807) is 18.3 Å². The maximum atomic E-state index is 12.4. The Hall–Kier alpha value is -7.01. The maximum absolute atomic E-state index is 12.4. The van der Waals surface area contributed by atoms with Crippen LogP contribution in [0.4, 0.5) is 15.3 Å². The summed E-state index contributed by atoms with van der Waals surface area (Å²) in [5.41, 5.74) is 5.80. The van der Waals surface area contributed by atoms with Crippen molar-refractivity contribution in [3.63, 3.8) is 0 Å². The van der Waals surface area contributed by atoms with Gasteiger partial charge in [0.05, 0.1) is 17.7 Å². The monoisotopic (exact) mass is 712 g/mol. The molecule has 4 N–H and O–H groups in total. The first-order valence-corrected chi connectivity index (χ1v) is 16.7. The third-order valence-electron chi connectivity index (χ3n) is 8.28. The minimum Gasteiger partial charge on any atom is -0.478 e. The van der Waals surface area contributed by atoms with E-state index in [4.69, 9.17) is 14.3 Å². The Morgan fingerprint density at radius 1 is 0.811 bits per heavy atom. The summed E-state index contributed by atoms with van der Waals surface area (Å²) >= 11 is 0. The average Bonchev–Trinajstić information content (AvgIpc) is 3.19. The number of carbonyl (C=O) groups excluding carboxylic acids is 1. The number of alkyl carbamates (subject to hydrolysis) is 1. The van der Waals surface area contributed by atoms with Gasteiger partial charge in [-0.25, -0.2) is 14.4 Å². The molecule has 4 aromatic rings. The molecule has 0 unspecified atom stereocenters. The van der Waals surface area contributed by atoms with Crippen LogP contribution in [0.1, 0.15) is 21.5 Å². The van der Waals surface area contributed by atoms with Gasteiger partial charge in [0.25, 0.3) is 0 Å². The predicted molar refractivity (Wildman–Crippen MR) is 205 cm³/mol. The second kappa shape index (κ2) is 17.8. The lowest BCUT2D eigenvalue weighted by molar-refractivity contribution is -0.438. The van der Waals surface area contributed by atoms with Crippen molar-refractivity contribution in [3.8, 4) is 22.5 Å². The van der Waals surface area contributed by atoms with Crippen LogP contribution in [-0.4, -0.2) is 66.4 Å². The van der Waals surface area contributed by atoms with Crippen LogP contribution < -0.4 is 20.6 Å². The largest absolute Gasteiger partial charge is 0.478 e. The molecule has 2 amide bonds. The van der Waals surface area contributed by atoms with Gasteiger partial charge >= 0.3 is 18.2 Å². The number of carboxylic acid groups (broad SMARTS) is 2. The molecule has 11 nitrogen and oxygen atoms in total. The van der Waals surface area contributed by atoms with Crippen LogP contribution in [0.3, 0.4) is 0 Å². The van der Waals surface area contributed by atoms with Crippen LogP contribution in [0, 0.1) is 0 Å². The first-order chi connectivity index (χ1) is 25.7. The number of aromatic carboxylic acids is 1. The quantitative estimate of drug-likeness (QED) is 0.0679. The molecule has 0 radical (unpaired) electrons. The number of fused-ring (bicyclic) bond motifs is 2. The van der Waals surface area contributed by atoms with Crippen molar-refractivity contribution < 1.29 is 38.3 Å². The van der Waals surface area contributed by atoms with Gasteiger partial charge in [-0.15, -0.1) is 0 Å². The Morgan fingerprint density at radius 2 is 1.49 bits per heavy atom. The van der Waals surface area contributed by atoms with Crippen molar-refractivity contribution in [2.45, 2.75) is 6.54 Å². The number of carboxylic acids is 1. The molecule has 53 heavy (non-hydrogen) atoms. The van der Waals surface area contributed by atoms with E-state index >= 15 is 0 Å². The Bertz CT molecular complexity index is 2320. The number of nitrogens with zero attached hydrogens (tertiary/aromatic N) is 2. The van der Waals surface area contributed by atoms with Gasteiger partial charge in [-0.2, -0.15) is 9.15 Å². The first kappa shape index (κ1) is 37.3. The van der Waals surface area contributed by atoms with Gasteiger partial charge < -0.3 is 30.0 Å². The maximum Gasteiger partial charge on any atom is 0.407 e. The van der Waals surface area contributed by atoms with E-state index in [-0.39, 0.29) is 12.2 Å². The Balaban J connectivity index is 0.00000101. The topological polar surface area (TPSA) is 144 Å². The zero-order chi connectivity index (χ0) is 37.7. The minimum atomic E-state index is -1.01. The summed E-state index contributed by atoms with van der Waals surface area (Å²) in [6.45, 7) is 5.20. The summed E-state index contributed by atoms with van der Waals surface area (Å²) in [4.78, 5) is 33.5. The van der Waals surface area contributed by atoms with Gasteiger partial charge in [0, 0.05) is 53.9 Å². The smallest absolute Gasteiger partial charge is 0.407 e. The number of amides is 2. The van der Waals surface area contributed by atoms with Crippen molar-refractivity contribution in [2.75, 3.05) is 27.2 Å². The second-order valence-corrected chi connectivity index (χ2v) is 11.7. The zero-order valence-electron chi connectivity index (χ0n) is 29.4. The molecule has 0 saturated heterocycles. The molecule has 0 spiro atoms. The summed E-state index contributed by atoms with van der Waals surface area (Å²) in [7, 11) is 2.87. The van der Waals surface area contributed by atoms with Gasteiger partial charge in [-0.05, 0) is 42.5 Å². The Morgan fingerprint density at radius 3 is 2.15 bits per heavy atom. The molecule has 0 saturated carbocycles. The van der Waals surface area contributed by atoms with Gasteiger partial charge in [-0.1, -0.05) is 66.7 Å². The van der Waals surface area contributed by atoms with Gasteiger partial charge in [0.2, 0.25) is 11.0 Å². The van der Waals surface area contributed by atoms with E-state index in [1.807, 2.05) is 118 Å². The second-order valence-electron chi connectivity index (χ2n) is 11.7. The van der Waals surface area contributed by atoms with Crippen molar-refractivity contribution in [1.82, 2.24) is 15.2 Å². The molecule has 0 atom stereocenters. The Kier molecular flexibility index (Phi) is 12.5. The molecule has 1 heterocycles. The van der Waals surface area contributed by atoms with Crippen molar-refractivity contribution in [2.24, 2.45) is 0 Å². The average molecular weight is 713 g/mol. The number of rotatable bonds is 10. The highest BCUT2D eigenvalue weighted by molar-refractivity contribution is 6.07. The zero-order valence-corrected chi connectivity index (χ0v) is 29.4. The van der Waals surface area contributed by atoms with Gasteiger partial charge in [-0.3, -0.25) is 0 Å². The first-order valence-electron chi connectivity index (χ1n) is 16.7. The van der Waals surface area contributed by atoms with E-state index in [0.717, 1.165) is 38.7 Å². The van der Waals surface area contributed by atoms with Crippen LogP contribution in [-0.2, 0) is 11.3 Å². The lowest BCUT2D eigenvalue weighted by Gasteiger charge is -2.17. The standard InChI is InChI=1S/C40H33N3O5.C2H5NO2/c1-3-42(26-28-12-6-4-7-13-28)30-18-20-34-36(24-30)48-37-25-31(19-21-35(37)38(34)32-16-10-11-17-33(32)39(44)45)43(22-23-47-40(46)41-2)27-29-14-8-5-9-15-29;1-3-2(4)5/h3-21,24-25,27H,1,22-23,26H2,2H3;3H,1H3,(H,4,5)/p+2. The number of nitrogens with one attached hydrogen (secondary N) is 2. The molecule has 268 valence electrons. The molecule has 0 bridgehead atoms. The van der Waals surface area contributed by atoms with Crippen LogP contribution in [0.15, 0.2) is 139 Å². The lowest BCUT2D eigenvalue weighted by atomic mass is 9.90.